The van der Waals surface area contributed by atoms with E-state index < -0.39 is 10.7 Å². The van der Waals surface area contributed by atoms with Crippen molar-refractivity contribution in [3.05, 3.63) is 63.7 Å². The summed E-state index contributed by atoms with van der Waals surface area (Å²) in [6.07, 6.45) is 1.33. The normalized spacial score (nSPS) is 10.7. The van der Waals surface area contributed by atoms with Gasteiger partial charge in [0.15, 0.2) is 11.6 Å². The highest BCUT2D eigenvalue weighted by Gasteiger charge is 2.14. The van der Waals surface area contributed by atoms with Crippen LogP contribution in [0, 0.1) is 22.9 Å². The minimum Gasteiger partial charge on any atom is -0.494 e. The highest BCUT2D eigenvalue weighted by molar-refractivity contribution is 5.90. The van der Waals surface area contributed by atoms with Gasteiger partial charge in [-0.1, -0.05) is 12.1 Å². The van der Waals surface area contributed by atoms with Crippen LogP contribution in [-0.2, 0) is 6.54 Å². The summed E-state index contributed by atoms with van der Waals surface area (Å²) in [6, 6.07) is 7.71. The highest BCUT2D eigenvalue weighted by Crippen LogP contribution is 2.28. The number of rotatable bonds is 5. The van der Waals surface area contributed by atoms with E-state index in [1.165, 1.54) is 31.6 Å². The predicted octanol–water partition coefficient (Wildman–Crippen LogP) is 3.61. The van der Waals surface area contributed by atoms with Crippen LogP contribution in [0.2, 0.25) is 0 Å². The second-order valence-corrected chi connectivity index (χ2v) is 5.40. The maximum atomic E-state index is 13.8. The number of nitrogens with zero attached hydrogens (tertiary/aromatic N) is 3. The third kappa shape index (κ3) is 3.18. The quantitative estimate of drug-likeness (QED) is 0.563. The molecule has 0 spiro atoms. The van der Waals surface area contributed by atoms with E-state index in [-0.39, 0.29) is 11.4 Å². The molecule has 3 rings (SSSR count). The Morgan fingerprint density at radius 3 is 2.84 bits per heavy atom. The van der Waals surface area contributed by atoms with Gasteiger partial charge in [0.25, 0.3) is 5.69 Å². The number of ether oxygens (including phenoxy) is 1. The first-order valence-electron chi connectivity index (χ1n) is 7.46. The summed E-state index contributed by atoms with van der Waals surface area (Å²) in [5.74, 6) is 0.0836. The van der Waals surface area contributed by atoms with Crippen LogP contribution in [0.15, 0.2) is 36.7 Å². The van der Waals surface area contributed by atoms with Crippen LogP contribution >= 0.6 is 0 Å². The molecule has 1 N–H and O–H groups in total. The molecule has 0 radical (unpaired) electrons. The Morgan fingerprint density at radius 2 is 2.12 bits per heavy atom. The van der Waals surface area contributed by atoms with Crippen molar-refractivity contribution >= 4 is 22.4 Å². The van der Waals surface area contributed by atoms with Crippen molar-refractivity contribution in [1.82, 2.24) is 9.97 Å². The van der Waals surface area contributed by atoms with E-state index in [1.54, 1.807) is 19.1 Å². The van der Waals surface area contributed by atoms with Gasteiger partial charge in [0, 0.05) is 29.6 Å². The van der Waals surface area contributed by atoms with Crippen LogP contribution < -0.4 is 10.1 Å². The fraction of sp³-hybridized carbons (Fsp3) is 0.176. The van der Waals surface area contributed by atoms with E-state index in [2.05, 4.69) is 15.3 Å². The number of hydrogen-bond acceptors (Lipinski definition) is 6. The van der Waals surface area contributed by atoms with Gasteiger partial charge in [0.2, 0.25) is 0 Å². The summed E-state index contributed by atoms with van der Waals surface area (Å²) in [7, 11) is 1.38. The Bertz CT molecular complexity index is 962. The zero-order chi connectivity index (χ0) is 18.0. The fourth-order valence-corrected chi connectivity index (χ4v) is 2.59. The average Bonchev–Trinajstić information content (AvgIpc) is 2.59. The standard InChI is InChI=1S/C17H15FN4O3/c1-10-11(4-3-5-15(10)22(23)24)8-19-17-12-6-16(25-2)13(18)7-14(12)20-9-21-17/h3-7,9H,8H2,1-2H3,(H,19,20,21). The number of aromatic nitrogens is 2. The molecule has 128 valence electrons. The Kier molecular flexibility index (Phi) is 4.42. The fourth-order valence-electron chi connectivity index (χ4n) is 2.59. The molecule has 0 fully saturated rings. The molecule has 0 aliphatic heterocycles. The van der Waals surface area contributed by atoms with Crippen molar-refractivity contribution in [1.29, 1.82) is 0 Å². The topological polar surface area (TPSA) is 90.2 Å². The molecule has 8 heteroatoms. The third-order valence-electron chi connectivity index (χ3n) is 3.97. The molecule has 2 aromatic carbocycles. The Labute approximate surface area is 142 Å². The molecule has 3 aromatic rings. The van der Waals surface area contributed by atoms with E-state index in [4.69, 9.17) is 4.74 Å². The SMILES string of the molecule is COc1cc2c(NCc3cccc([N+](=O)[O-])c3C)ncnc2cc1F. The molecule has 0 unspecified atom stereocenters. The molecule has 0 aliphatic rings. The maximum absolute atomic E-state index is 13.8. The van der Waals surface area contributed by atoms with Crippen LogP contribution in [-0.4, -0.2) is 22.0 Å². The summed E-state index contributed by atoms with van der Waals surface area (Å²) in [5.41, 5.74) is 1.86. The Hall–Kier alpha value is -3.29. The summed E-state index contributed by atoms with van der Waals surface area (Å²) >= 11 is 0. The lowest BCUT2D eigenvalue weighted by molar-refractivity contribution is -0.385. The molecular formula is C17H15FN4O3. The van der Waals surface area contributed by atoms with Crippen LogP contribution in [0.25, 0.3) is 10.9 Å². The highest BCUT2D eigenvalue weighted by atomic mass is 19.1. The monoisotopic (exact) mass is 342 g/mol. The Morgan fingerprint density at radius 1 is 1.32 bits per heavy atom. The number of benzene rings is 2. The molecule has 1 heterocycles. The minimum atomic E-state index is -0.505. The van der Waals surface area contributed by atoms with E-state index in [0.717, 1.165) is 5.56 Å². The van der Waals surface area contributed by atoms with E-state index >= 15 is 0 Å². The zero-order valence-corrected chi connectivity index (χ0v) is 13.6. The Balaban J connectivity index is 1.94. The molecular weight excluding hydrogens is 327 g/mol. The van der Waals surface area contributed by atoms with Gasteiger partial charge in [0.1, 0.15) is 12.1 Å². The van der Waals surface area contributed by atoms with Crippen molar-refractivity contribution in [2.45, 2.75) is 13.5 Å². The third-order valence-corrected chi connectivity index (χ3v) is 3.97. The lowest BCUT2D eigenvalue weighted by atomic mass is 10.1. The van der Waals surface area contributed by atoms with Crippen molar-refractivity contribution < 1.29 is 14.1 Å². The smallest absolute Gasteiger partial charge is 0.272 e. The molecule has 25 heavy (non-hydrogen) atoms. The number of methoxy groups -OCH3 is 1. The number of fused-ring (bicyclic) bond motifs is 1. The van der Waals surface area contributed by atoms with Gasteiger partial charge in [0.05, 0.1) is 17.5 Å². The van der Waals surface area contributed by atoms with Crippen molar-refractivity contribution in [2.24, 2.45) is 0 Å². The van der Waals surface area contributed by atoms with E-state index in [1.807, 2.05) is 0 Å². The summed E-state index contributed by atoms with van der Waals surface area (Å²) < 4.78 is 18.8. The molecule has 0 atom stereocenters. The number of nitro groups is 1. The van der Waals surface area contributed by atoms with Crippen molar-refractivity contribution in [3.8, 4) is 5.75 Å². The maximum Gasteiger partial charge on any atom is 0.272 e. The average molecular weight is 342 g/mol. The first-order chi connectivity index (χ1) is 12.0. The number of nitro benzene ring substituents is 1. The first kappa shape index (κ1) is 16.6. The van der Waals surface area contributed by atoms with Crippen LogP contribution in [0.4, 0.5) is 15.9 Å². The van der Waals surface area contributed by atoms with Crippen LogP contribution in [0.5, 0.6) is 5.75 Å². The lowest BCUT2D eigenvalue weighted by Gasteiger charge is -2.11. The first-order valence-corrected chi connectivity index (χ1v) is 7.46. The van der Waals surface area contributed by atoms with Gasteiger partial charge in [-0.25, -0.2) is 14.4 Å². The van der Waals surface area contributed by atoms with Crippen molar-refractivity contribution in [2.75, 3.05) is 12.4 Å². The van der Waals surface area contributed by atoms with E-state index in [0.29, 0.717) is 28.8 Å². The summed E-state index contributed by atoms with van der Waals surface area (Å²) in [4.78, 5) is 18.9. The molecule has 1 aromatic heterocycles. The molecule has 0 bridgehead atoms. The van der Waals surface area contributed by atoms with E-state index in [9.17, 15) is 14.5 Å². The molecule has 0 saturated heterocycles. The largest absolute Gasteiger partial charge is 0.494 e. The van der Waals surface area contributed by atoms with Crippen LogP contribution in [0.3, 0.4) is 0 Å². The molecule has 0 saturated carbocycles. The van der Waals surface area contributed by atoms with Crippen molar-refractivity contribution in [3.63, 3.8) is 0 Å². The minimum absolute atomic E-state index is 0.0654. The van der Waals surface area contributed by atoms with Gasteiger partial charge in [-0.3, -0.25) is 10.1 Å². The number of hydrogen-bond donors (Lipinski definition) is 1. The summed E-state index contributed by atoms with van der Waals surface area (Å²) in [6.45, 7) is 2.03. The second-order valence-electron chi connectivity index (χ2n) is 5.40. The molecule has 0 aliphatic carbocycles. The lowest BCUT2D eigenvalue weighted by Crippen LogP contribution is -2.05. The second kappa shape index (κ2) is 6.68. The number of halogens is 1. The number of nitrogens with one attached hydrogen (secondary N) is 1. The van der Waals surface area contributed by atoms with Gasteiger partial charge < -0.3 is 10.1 Å². The number of anilines is 1. The summed E-state index contributed by atoms with van der Waals surface area (Å²) in [5, 5.41) is 14.8. The van der Waals surface area contributed by atoms with Crippen LogP contribution in [0.1, 0.15) is 11.1 Å². The predicted molar refractivity (Wildman–Crippen MR) is 91.2 cm³/mol. The van der Waals surface area contributed by atoms with Gasteiger partial charge >= 0.3 is 0 Å². The molecule has 0 amide bonds. The molecule has 7 nitrogen and oxygen atoms in total. The van der Waals surface area contributed by atoms with Gasteiger partial charge in [-0.15, -0.1) is 0 Å². The van der Waals surface area contributed by atoms with Gasteiger partial charge in [-0.2, -0.15) is 0 Å². The zero-order valence-electron chi connectivity index (χ0n) is 13.6. The van der Waals surface area contributed by atoms with Gasteiger partial charge in [-0.05, 0) is 18.6 Å².